The van der Waals surface area contributed by atoms with Crippen LogP contribution in [0.1, 0.15) is 0 Å². The number of rotatable bonds is 4. The average molecular weight is 284 g/mol. The van der Waals surface area contributed by atoms with Gasteiger partial charge in [0, 0.05) is 0 Å². The fourth-order valence-corrected chi connectivity index (χ4v) is 1.77. The normalized spacial score (nSPS) is 35.9. The summed E-state index contributed by atoms with van der Waals surface area (Å²) in [5, 5.41) is 54.3. The van der Waals surface area contributed by atoms with E-state index in [1.54, 1.807) is 0 Å². The summed E-state index contributed by atoms with van der Waals surface area (Å²) >= 11 is 0. The first-order valence-electron chi connectivity index (χ1n) is 5.14. The minimum absolute atomic E-state index is 0.934. The summed E-state index contributed by atoms with van der Waals surface area (Å²) < 4.78 is 18.6. The van der Waals surface area contributed by atoms with E-state index in [2.05, 4.69) is 4.74 Å². The Morgan fingerprint density at radius 1 is 1.05 bits per heavy atom. The molecule has 6 N–H and O–H groups in total. The number of aliphatic carboxylic acids is 2. The van der Waals surface area contributed by atoms with Gasteiger partial charge in [-0.25, -0.2) is 14.0 Å². The SMILES string of the molecule is O=C(O)C(F)(C(=O)O)[C@@H]1O[C@H](CO)[C@@H](O)[C@H](O)[C@H]1O. The van der Waals surface area contributed by atoms with Crippen LogP contribution in [0.5, 0.6) is 0 Å². The van der Waals surface area contributed by atoms with Crippen LogP contribution in [0.15, 0.2) is 0 Å². The molecule has 1 saturated heterocycles. The smallest absolute Gasteiger partial charge is 0.356 e. The Bertz CT molecular complexity index is 357. The zero-order valence-corrected chi connectivity index (χ0v) is 9.38. The quantitative estimate of drug-likeness (QED) is 0.290. The van der Waals surface area contributed by atoms with E-state index in [-0.39, 0.29) is 0 Å². The van der Waals surface area contributed by atoms with Gasteiger partial charge in [-0.05, 0) is 0 Å². The summed E-state index contributed by atoms with van der Waals surface area (Å²) in [5.41, 5.74) is -4.03. The molecule has 0 aromatic carbocycles. The van der Waals surface area contributed by atoms with E-state index in [4.69, 9.17) is 15.3 Å². The number of hydrogen-bond acceptors (Lipinski definition) is 7. The molecular formula is C9H13FO9. The molecule has 0 radical (unpaired) electrons. The fraction of sp³-hybridized carbons (Fsp3) is 0.778. The van der Waals surface area contributed by atoms with Crippen molar-refractivity contribution in [2.45, 2.75) is 36.2 Å². The molecule has 0 saturated carbocycles. The predicted molar refractivity (Wildman–Crippen MR) is 52.9 cm³/mol. The van der Waals surface area contributed by atoms with Crippen molar-refractivity contribution in [3.05, 3.63) is 0 Å². The maximum Gasteiger partial charge on any atom is 0.356 e. The Hall–Kier alpha value is -1.33. The lowest BCUT2D eigenvalue weighted by Crippen LogP contribution is -2.68. The number of alkyl halides is 1. The lowest BCUT2D eigenvalue weighted by molar-refractivity contribution is -0.259. The minimum atomic E-state index is -4.03. The zero-order chi connectivity index (χ0) is 15.0. The van der Waals surface area contributed by atoms with E-state index >= 15 is 0 Å². The highest BCUT2D eigenvalue weighted by Crippen LogP contribution is 2.31. The van der Waals surface area contributed by atoms with E-state index in [1.165, 1.54) is 0 Å². The molecule has 0 bridgehead atoms. The van der Waals surface area contributed by atoms with Crippen LogP contribution in [0.25, 0.3) is 0 Å². The average Bonchev–Trinajstić information content (AvgIpc) is 2.35. The Labute approximate surface area is 105 Å². The van der Waals surface area contributed by atoms with Gasteiger partial charge in [0.1, 0.15) is 30.5 Å². The fourth-order valence-electron chi connectivity index (χ4n) is 1.77. The van der Waals surface area contributed by atoms with E-state index in [9.17, 15) is 29.3 Å². The Kier molecular flexibility index (Phi) is 4.43. The number of aliphatic hydroxyl groups excluding tert-OH is 4. The number of carboxylic acids is 2. The van der Waals surface area contributed by atoms with Crippen LogP contribution in [0.2, 0.25) is 0 Å². The first kappa shape index (κ1) is 15.7. The summed E-state index contributed by atoms with van der Waals surface area (Å²) in [6.45, 7) is -0.934. The molecule has 10 heteroatoms. The molecule has 110 valence electrons. The highest BCUT2D eigenvalue weighted by molar-refractivity contribution is 6.02. The Morgan fingerprint density at radius 2 is 1.53 bits per heavy atom. The van der Waals surface area contributed by atoms with Crippen LogP contribution in [0.4, 0.5) is 4.39 Å². The molecular weight excluding hydrogens is 271 g/mol. The predicted octanol–water partition coefficient (Wildman–Crippen LogP) is -3.29. The van der Waals surface area contributed by atoms with Crippen LogP contribution in [-0.4, -0.2) is 85.4 Å². The largest absolute Gasteiger partial charge is 0.478 e. The number of aliphatic hydroxyl groups is 4. The topological polar surface area (TPSA) is 165 Å². The van der Waals surface area contributed by atoms with Gasteiger partial charge in [0.05, 0.1) is 6.61 Å². The standard InChI is InChI=1S/C9H13FO9/c10-9(7(15)16,8(17)18)6-5(14)4(13)3(12)2(1-11)19-6/h2-6,11-14H,1H2,(H,15,16)(H,17,18)/t2-,3-,4+,5-,6-/m1/s1. The van der Waals surface area contributed by atoms with Crippen molar-refractivity contribution in [2.24, 2.45) is 0 Å². The van der Waals surface area contributed by atoms with Crippen LogP contribution in [-0.2, 0) is 14.3 Å². The van der Waals surface area contributed by atoms with E-state index < -0.39 is 54.7 Å². The number of hydrogen-bond donors (Lipinski definition) is 6. The number of ether oxygens (including phenoxy) is 1. The molecule has 0 aromatic rings. The molecule has 0 amide bonds. The first-order valence-corrected chi connectivity index (χ1v) is 5.14. The maximum absolute atomic E-state index is 14.0. The number of carboxylic acid groups (broad SMARTS) is 2. The Morgan fingerprint density at radius 3 is 1.89 bits per heavy atom. The van der Waals surface area contributed by atoms with Crippen LogP contribution >= 0.6 is 0 Å². The molecule has 5 atom stereocenters. The van der Waals surface area contributed by atoms with Gasteiger partial charge < -0.3 is 35.4 Å². The third-order valence-electron chi connectivity index (χ3n) is 2.91. The van der Waals surface area contributed by atoms with Gasteiger partial charge in [0.2, 0.25) is 0 Å². The molecule has 1 aliphatic heterocycles. The van der Waals surface area contributed by atoms with Gasteiger partial charge in [-0.1, -0.05) is 0 Å². The molecule has 19 heavy (non-hydrogen) atoms. The van der Waals surface area contributed by atoms with Gasteiger partial charge >= 0.3 is 17.6 Å². The van der Waals surface area contributed by atoms with Gasteiger partial charge in [-0.15, -0.1) is 0 Å². The second-order valence-electron chi connectivity index (χ2n) is 4.07. The van der Waals surface area contributed by atoms with Crippen molar-refractivity contribution in [1.82, 2.24) is 0 Å². The summed E-state index contributed by atoms with van der Waals surface area (Å²) in [7, 11) is 0. The molecule has 1 fully saturated rings. The van der Waals surface area contributed by atoms with Crippen molar-refractivity contribution < 1.29 is 49.4 Å². The van der Waals surface area contributed by atoms with Gasteiger partial charge in [0.15, 0.2) is 0 Å². The third kappa shape index (κ3) is 2.40. The monoisotopic (exact) mass is 284 g/mol. The second-order valence-corrected chi connectivity index (χ2v) is 4.07. The molecule has 9 nitrogen and oxygen atoms in total. The van der Waals surface area contributed by atoms with E-state index in [0.717, 1.165) is 0 Å². The molecule has 0 aromatic heterocycles. The summed E-state index contributed by atoms with van der Waals surface area (Å²) in [6.07, 6.45) is -10.3. The van der Waals surface area contributed by atoms with Crippen molar-refractivity contribution >= 4 is 11.9 Å². The van der Waals surface area contributed by atoms with Crippen molar-refractivity contribution in [3.63, 3.8) is 0 Å². The van der Waals surface area contributed by atoms with Crippen molar-refractivity contribution in [1.29, 1.82) is 0 Å². The molecule has 0 spiro atoms. The van der Waals surface area contributed by atoms with Gasteiger partial charge in [-0.2, -0.15) is 0 Å². The lowest BCUT2D eigenvalue weighted by Gasteiger charge is -2.42. The maximum atomic E-state index is 14.0. The van der Waals surface area contributed by atoms with Gasteiger partial charge in [0.25, 0.3) is 0 Å². The van der Waals surface area contributed by atoms with Crippen LogP contribution in [0, 0.1) is 0 Å². The lowest BCUT2D eigenvalue weighted by atomic mass is 9.86. The molecule has 1 heterocycles. The zero-order valence-electron chi connectivity index (χ0n) is 9.38. The van der Waals surface area contributed by atoms with E-state index in [1.807, 2.05) is 0 Å². The Balaban J connectivity index is 3.16. The van der Waals surface area contributed by atoms with Crippen LogP contribution in [0.3, 0.4) is 0 Å². The van der Waals surface area contributed by atoms with Gasteiger partial charge in [-0.3, -0.25) is 0 Å². The summed E-state index contributed by atoms with van der Waals surface area (Å²) in [4.78, 5) is 21.5. The second kappa shape index (κ2) is 5.35. The summed E-state index contributed by atoms with van der Waals surface area (Å²) in [6, 6.07) is 0. The van der Waals surface area contributed by atoms with Crippen molar-refractivity contribution in [2.75, 3.05) is 6.61 Å². The number of carbonyl (C=O) groups is 2. The molecule has 0 aliphatic carbocycles. The first-order chi connectivity index (χ1) is 8.67. The van der Waals surface area contributed by atoms with Crippen LogP contribution < -0.4 is 0 Å². The number of halogens is 1. The van der Waals surface area contributed by atoms with Crippen molar-refractivity contribution in [3.8, 4) is 0 Å². The van der Waals surface area contributed by atoms with E-state index in [0.29, 0.717) is 0 Å². The molecule has 0 unspecified atom stereocenters. The highest BCUT2D eigenvalue weighted by Gasteiger charge is 2.62. The summed E-state index contributed by atoms with van der Waals surface area (Å²) in [5.74, 6) is -4.88. The highest BCUT2D eigenvalue weighted by atomic mass is 19.1. The molecule has 1 aliphatic rings. The minimum Gasteiger partial charge on any atom is -0.478 e. The molecule has 1 rings (SSSR count). The third-order valence-corrected chi connectivity index (χ3v) is 2.91.